The third-order valence-corrected chi connectivity index (χ3v) is 4.31. The summed E-state index contributed by atoms with van der Waals surface area (Å²) >= 11 is 1.62. The van der Waals surface area contributed by atoms with Crippen LogP contribution in [0.3, 0.4) is 0 Å². The van der Waals surface area contributed by atoms with Crippen LogP contribution in [0.15, 0.2) is 53.3 Å². The summed E-state index contributed by atoms with van der Waals surface area (Å²) in [5.41, 5.74) is 3.65. The molecule has 0 atom stereocenters. The van der Waals surface area contributed by atoms with E-state index in [1.165, 1.54) is 23.3 Å². The summed E-state index contributed by atoms with van der Waals surface area (Å²) in [4.78, 5) is 31.3. The van der Waals surface area contributed by atoms with Crippen LogP contribution in [0.2, 0.25) is 0 Å². The lowest BCUT2D eigenvalue weighted by atomic mass is 10.2. The molecule has 0 radical (unpaired) electrons. The van der Waals surface area contributed by atoms with E-state index in [0.717, 1.165) is 10.9 Å². The second-order valence-electron chi connectivity index (χ2n) is 4.99. The largest absolute Gasteiger partial charge is 0.292 e. The van der Waals surface area contributed by atoms with Crippen LogP contribution in [0, 0.1) is 0 Å². The van der Waals surface area contributed by atoms with Gasteiger partial charge in [0.25, 0.3) is 0 Å². The zero-order chi connectivity index (χ0) is 16.8. The number of carbonyl (C=O) groups is 2. The molecule has 0 aliphatic heterocycles. The van der Waals surface area contributed by atoms with Gasteiger partial charge >= 0.3 is 0 Å². The molecule has 24 heavy (non-hydrogen) atoms. The van der Waals surface area contributed by atoms with E-state index in [9.17, 15) is 9.59 Å². The van der Waals surface area contributed by atoms with Crippen molar-refractivity contribution in [1.29, 1.82) is 0 Å². The minimum absolute atomic E-state index is 0.0527. The first kappa shape index (κ1) is 15.9. The summed E-state index contributed by atoms with van der Waals surface area (Å²) in [6.07, 6.45) is 6.06. The molecule has 2 heterocycles. The average Bonchev–Trinajstić information content (AvgIpc) is 3.04. The van der Waals surface area contributed by atoms with E-state index < -0.39 is 0 Å². The van der Waals surface area contributed by atoms with Gasteiger partial charge in [0.05, 0.1) is 12.4 Å². The third kappa shape index (κ3) is 3.88. The molecule has 0 saturated heterocycles. The zero-order valence-electron chi connectivity index (χ0n) is 12.7. The fraction of sp³-hybridized carbons (Fsp3) is 0.118. The number of aromatic nitrogens is 2. The standard InChI is InChI=1S/C17H14N4O2S/c22-15(14-10-18-7-8-19-14)5-6-17(23)21-20-9-12-11-24-16-4-2-1-3-13(12)16/h1-4,7-11H,5-6H2,(H,21,23)/b20-9+. The Balaban J connectivity index is 1.51. The van der Waals surface area contributed by atoms with Gasteiger partial charge in [-0.3, -0.25) is 14.6 Å². The van der Waals surface area contributed by atoms with E-state index in [-0.39, 0.29) is 30.2 Å². The van der Waals surface area contributed by atoms with Crippen molar-refractivity contribution in [3.8, 4) is 0 Å². The molecule has 2 aromatic heterocycles. The molecule has 1 amide bonds. The van der Waals surface area contributed by atoms with Crippen molar-refractivity contribution in [2.24, 2.45) is 5.10 Å². The number of benzene rings is 1. The van der Waals surface area contributed by atoms with Crippen molar-refractivity contribution in [1.82, 2.24) is 15.4 Å². The van der Waals surface area contributed by atoms with Crippen LogP contribution in [-0.4, -0.2) is 27.9 Å². The Morgan fingerprint density at radius 1 is 1.21 bits per heavy atom. The summed E-state index contributed by atoms with van der Waals surface area (Å²) in [5.74, 6) is -0.533. The van der Waals surface area contributed by atoms with Crippen molar-refractivity contribution in [3.05, 3.63) is 59.5 Å². The predicted molar refractivity (Wildman–Crippen MR) is 93.2 cm³/mol. The topological polar surface area (TPSA) is 84.3 Å². The van der Waals surface area contributed by atoms with E-state index in [2.05, 4.69) is 20.5 Å². The highest BCUT2D eigenvalue weighted by atomic mass is 32.1. The highest BCUT2D eigenvalue weighted by Crippen LogP contribution is 2.24. The molecule has 0 aliphatic rings. The number of carbonyl (C=O) groups excluding carboxylic acids is 2. The van der Waals surface area contributed by atoms with Gasteiger partial charge in [0.1, 0.15) is 5.69 Å². The molecule has 3 rings (SSSR count). The maximum atomic E-state index is 11.8. The number of ketones is 1. The van der Waals surface area contributed by atoms with Crippen molar-refractivity contribution < 1.29 is 9.59 Å². The number of nitrogens with one attached hydrogen (secondary N) is 1. The van der Waals surface area contributed by atoms with Gasteiger partial charge in [-0.05, 0) is 6.07 Å². The van der Waals surface area contributed by atoms with Crippen LogP contribution in [0.1, 0.15) is 28.9 Å². The summed E-state index contributed by atoms with van der Waals surface area (Å²) < 4.78 is 1.17. The van der Waals surface area contributed by atoms with Crippen molar-refractivity contribution in [3.63, 3.8) is 0 Å². The minimum atomic E-state index is -0.317. The van der Waals surface area contributed by atoms with E-state index in [1.807, 2.05) is 29.6 Å². The summed E-state index contributed by atoms with van der Waals surface area (Å²) in [6, 6.07) is 7.99. The number of thiophene rings is 1. The molecule has 0 saturated carbocycles. The summed E-state index contributed by atoms with van der Waals surface area (Å²) in [6.45, 7) is 0. The minimum Gasteiger partial charge on any atom is -0.292 e. The SMILES string of the molecule is O=C(CCC(=O)c1cnccn1)N/N=C/c1csc2ccccc12. The molecule has 7 heteroatoms. The molecule has 6 nitrogen and oxygen atoms in total. The van der Waals surface area contributed by atoms with Gasteiger partial charge in [-0.2, -0.15) is 5.10 Å². The number of hydrogen-bond donors (Lipinski definition) is 1. The van der Waals surface area contributed by atoms with Crippen LogP contribution in [0.4, 0.5) is 0 Å². The van der Waals surface area contributed by atoms with E-state index in [0.29, 0.717) is 0 Å². The van der Waals surface area contributed by atoms with Crippen LogP contribution >= 0.6 is 11.3 Å². The normalized spacial score (nSPS) is 11.0. The maximum Gasteiger partial charge on any atom is 0.240 e. The Hall–Kier alpha value is -2.93. The molecule has 0 aliphatic carbocycles. The maximum absolute atomic E-state index is 11.8. The highest BCUT2D eigenvalue weighted by molar-refractivity contribution is 7.17. The van der Waals surface area contributed by atoms with E-state index >= 15 is 0 Å². The lowest BCUT2D eigenvalue weighted by Crippen LogP contribution is -2.18. The van der Waals surface area contributed by atoms with Crippen LogP contribution in [0.5, 0.6) is 0 Å². The highest BCUT2D eigenvalue weighted by Gasteiger charge is 2.10. The number of amides is 1. The van der Waals surface area contributed by atoms with Gasteiger partial charge in [-0.25, -0.2) is 10.4 Å². The summed E-state index contributed by atoms with van der Waals surface area (Å²) in [5, 5.41) is 7.04. The third-order valence-electron chi connectivity index (χ3n) is 3.33. The van der Waals surface area contributed by atoms with Crippen molar-refractivity contribution in [2.75, 3.05) is 0 Å². The van der Waals surface area contributed by atoms with Crippen molar-refractivity contribution >= 4 is 39.3 Å². The first-order chi connectivity index (χ1) is 11.7. The number of hydrazone groups is 1. The average molecular weight is 338 g/mol. The Bertz CT molecular complexity index is 890. The van der Waals surface area contributed by atoms with Crippen LogP contribution in [0.25, 0.3) is 10.1 Å². The van der Waals surface area contributed by atoms with Gasteiger partial charge in [0.15, 0.2) is 5.78 Å². The van der Waals surface area contributed by atoms with Gasteiger partial charge in [-0.15, -0.1) is 11.3 Å². The quantitative estimate of drug-likeness (QED) is 0.425. The number of nitrogens with zero attached hydrogens (tertiary/aromatic N) is 3. The number of rotatable bonds is 6. The molecule has 3 aromatic rings. The molecule has 0 spiro atoms. The second kappa shape index (κ2) is 7.56. The first-order valence-electron chi connectivity index (χ1n) is 7.31. The molecular formula is C17H14N4O2S. The van der Waals surface area contributed by atoms with Gasteiger partial charge in [0.2, 0.25) is 5.91 Å². The Kier molecular flexibility index (Phi) is 5.02. The zero-order valence-corrected chi connectivity index (χ0v) is 13.5. The smallest absolute Gasteiger partial charge is 0.240 e. The van der Waals surface area contributed by atoms with E-state index in [4.69, 9.17) is 0 Å². The molecule has 120 valence electrons. The lowest BCUT2D eigenvalue weighted by molar-refractivity contribution is -0.121. The van der Waals surface area contributed by atoms with Gasteiger partial charge < -0.3 is 0 Å². The Morgan fingerprint density at radius 2 is 2.08 bits per heavy atom. The lowest BCUT2D eigenvalue weighted by Gasteiger charge is -1.99. The fourth-order valence-electron chi connectivity index (χ4n) is 2.13. The monoisotopic (exact) mass is 338 g/mol. The molecular weight excluding hydrogens is 324 g/mol. The van der Waals surface area contributed by atoms with Gasteiger partial charge in [-0.1, -0.05) is 18.2 Å². The van der Waals surface area contributed by atoms with Crippen LogP contribution in [-0.2, 0) is 4.79 Å². The number of fused-ring (bicyclic) bond motifs is 1. The predicted octanol–water partition coefficient (Wildman–Crippen LogP) is 2.80. The molecule has 0 bridgehead atoms. The number of Topliss-reactive ketones (excluding diaryl/α,β-unsaturated/α-hetero) is 1. The fourth-order valence-corrected chi connectivity index (χ4v) is 3.04. The Labute approximate surface area is 142 Å². The summed E-state index contributed by atoms with van der Waals surface area (Å²) in [7, 11) is 0. The number of hydrogen-bond acceptors (Lipinski definition) is 6. The molecule has 0 fully saturated rings. The van der Waals surface area contributed by atoms with Crippen molar-refractivity contribution in [2.45, 2.75) is 12.8 Å². The van der Waals surface area contributed by atoms with Gasteiger partial charge in [0, 0.05) is 46.3 Å². The molecule has 1 N–H and O–H groups in total. The molecule has 1 aromatic carbocycles. The Morgan fingerprint density at radius 3 is 2.92 bits per heavy atom. The second-order valence-corrected chi connectivity index (χ2v) is 5.91. The van der Waals surface area contributed by atoms with E-state index in [1.54, 1.807) is 17.6 Å². The first-order valence-corrected chi connectivity index (χ1v) is 8.19. The molecule has 0 unspecified atom stereocenters. The van der Waals surface area contributed by atoms with Crippen LogP contribution < -0.4 is 5.43 Å².